The third-order valence-corrected chi connectivity index (χ3v) is 5.35. The maximum absolute atomic E-state index is 4.84. The van der Waals surface area contributed by atoms with E-state index in [1.807, 2.05) is 0 Å². The fourth-order valence-electron chi connectivity index (χ4n) is 4.03. The van der Waals surface area contributed by atoms with E-state index >= 15 is 0 Å². The maximum Gasteiger partial charge on any atom is 0.0705 e. The number of nitrogens with zero attached hydrogens (tertiary/aromatic N) is 1. The first kappa shape index (κ1) is 17.0. The van der Waals surface area contributed by atoms with Crippen molar-refractivity contribution in [3.8, 4) is 22.4 Å². The van der Waals surface area contributed by atoms with Gasteiger partial charge in [0.1, 0.15) is 0 Å². The van der Waals surface area contributed by atoms with E-state index in [4.69, 9.17) is 4.98 Å². The Hall–Kier alpha value is -2.41. The predicted molar refractivity (Wildman–Crippen MR) is 110 cm³/mol. The number of fused-ring (bicyclic) bond motifs is 1. The number of aromatic nitrogens is 1. The molecular weight excluding hydrogens is 314 g/mol. The molecule has 0 bridgehead atoms. The summed E-state index contributed by atoms with van der Waals surface area (Å²) < 4.78 is 0. The molecule has 0 fully saturated rings. The van der Waals surface area contributed by atoms with Crippen LogP contribution in [0.3, 0.4) is 0 Å². The Balaban J connectivity index is 1.76. The second kappa shape index (κ2) is 7.45. The van der Waals surface area contributed by atoms with Gasteiger partial charge in [-0.05, 0) is 72.4 Å². The molecule has 1 aliphatic carbocycles. The van der Waals surface area contributed by atoms with Gasteiger partial charge in [-0.25, -0.2) is 0 Å². The molecule has 4 rings (SSSR count). The molecule has 0 amide bonds. The molecule has 0 N–H and O–H groups in total. The van der Waals surface area contributed by atoms with Crippen LogP contribution in [0.5, 0.6) is 0 Å². The first-order chi connectivity index (χ1) is 12.7. The number of hydrogen-bond donors (Lipinski definition) is 0. The first-order valence-electron chi connectivity index (χ1n) is 9.87. The van der Waals surface area contributed by atoms with E-state index in [1.54, 1.807) is 0 Å². The Bertz CT molecular complexity index is 893. The van der Waals surface area contributed by atoms with Gasteiger partial charge in [-0.1, -0.05) is 56.3 Å². The van der Waals surface area contributed by atoms with Crippen LogP contribution in [0.2, 0.25) is 0 Å². The highest BCUT2D eigenvalue weighted by Gasteiger charge is 2.13. The highest BCUT2D eigenvalue weighted by atomic mass is 14.7. The zero-order chi connectivity index (χ0) is 17.9. The standard InChI is InChI=1S/C25H27N/c1-18(2)14-23-16-25(26-17-24(23)20-9-4-3-5-10-20)22-13-12-19-8-6-7-11-21(19)15-22/h3-5,9-10,12-13,15-18H,6-8,11,14H2,1-2H3. The van der Waals surface area contributed by atoms with Crippen LogP contribution in [0, 0.1) is 5.92 Å². The molecule has 1 heteroatoms. The van der Waals surface area contributed by atoms with Crippen LogP contribution in [0.25, 0.3) is 22.4 Å². The molecule has 0 atom stereocenters. The van der Waals surface area contributed by atoms with Crippen LogP contribution in [0.15, 0.2) is 60.8 Å². The Kier molecular flexibility index (Phi) is 4.88. The molecule has 0 radical (unpaired) electrons. The van der Waals surface area contributed by atoms with Gasteiger partial charge in [-0.2, -0.15) is 0 Å². The lowest BCUT2D eigenvalue weighted by atomic mass is 9.89. The lowest BCUT2D eigenvalue weighted by molar-refractivity contribution is 0.648. The average Bonchev–Trinajstić information content (AvgIpc) is 2.68. The second-order valence-corrected chi connectivity index (χ2v) is 7.88. The number of rotatable bonds is 4. The second-order valence-electron chi connectivity index (χ2n) is 7.88. The summed E-state index contributed by atoms with van der Waals surface area (Å²) in [6, 6.07) is 19.9. The molecule has 1 aliphatic rings. The zero-order valence-electron chi connectivity index (χ0n) is 15.8. The molecule has 0 saturated carbocycles. The van der Waals surface area contributed by atoms with Gasteiger partial charge in [0, 0.05) is 17.3 Å². The van der Waals surface area contributed by atoms with Crippen LogP contribution in [-0.4, -0.2) is 4.98 Å². The molecular formula is C25H27N. The van der Waals surface area contributed by atoms with Crippen LogP contribution < -0.4 is 0 Å². The van der Waals surface area contributed by atoms with Gasteiger partial charge >= 0.3 is 0 Å². The average molecular weight is 341 g/mol. The Labute approximate surface area is 157 Å². The van der Waals surface area contributed by atoms with Crippen LogP contribution in [-0.2, 0) is 19.3 Å². The van der Waals surface area contributed by atoms with E-state index in [2.05, 4.69) is 74.6 Å². The molecule has 132 valence electrons. The molecule has 26 heavy (non-hydrogen) atoms. The van der Waals surface area contributed by atoms with E-state index < -0.39 is 0 Å². The molecule has 2 aromatic carbocycles. The summed E-state index contributed by atoms with van der Waals surface area (Å²) >= 11 is 0. The zero-order valence-corrected chi connectivity index (χ0v) is 15.8. The van der Waals surface area contributed by atoms with Crippen LogP contribution >= 0.6 is 0 Å². The van der Waals surface area contributed by atoms with Crippen molar-refractivity contribution in [2.24, 2.45) is 5.92 Å². The summed E-state index contributed by atoms with van der Waals surface area (Å²) in [5, 5.41) is 0. The SMILES string of the molecule is CC(C)Cc1cc(-c2ccc3c(c2)CCCC3)ncc1-c1ccccc1. The third kappa shape index (κ3) is 3.58. The summed E-state index contributed by atoms with van der Waals surface area (Å²) in [6.07, 6.45) is 8.23. The molecule has 0 saturated heterocycles. The van der Waals surface area contributed by atoms with Gasteiger partial charge in [0.15, 0.2) is 0 Å². The summed E-state index contributed by atoms with van der Waals surface area (Å²) in [4.78, 5) is 4.84. The highest BCUT2D eigenvalue weighted by Crippen LogP contribution is 2.31. The quantitative estimate of drug-likeness (QED) is 0.528. The number of benzene rings is 2. The van der Waals surface area contributed by atoms with Crippen molar-refractivity contribution >= 4 is 0 Å². The largest absolute Gasteiger partial charge is 0.256 e. The van der Waals surface area contributed by atoms with E-state index in [1.165, 1.54) is 59.1 Å². The predicted octanol–water partition coefficient (Wildman–Crippen LogP) is 6.49. The van der Waals surface area contributed by atoms with E-state index in [0.29, 0.717) is 5.92 Å². The van der Waals surface area contributed by atoms with Gasteiger partial charge < -0.3 is 0 Å². The van der Waals surface area contributed by atoms with Gasteiger partial charge in [-0.3, -0.25) is 4.98 Å². The Morgan fingerprint density at radius 2 is 1.62 bits per heavy atom. The third-order valence-electron chi connectivity index (χ3n) is 5.35. The van der Waals surface area contributed by atoms with E-state index in [9.17, 15) is 0 Å². The first-order valence-corrected chi connectivity index (χ1v) is 9.87. The van der Waals surface area contributed by atoms with Crippen molar-refractivity contribution in [2.45, 2.75) is 46.0 Å². The van der Waals surface area contributed by atoms with Crippen molar-refractivity contribution in [1.29, 1.82) is 0 Å². The van der Waals surface area contributed by atoms with Crippen molar-refractivity contribution in [2.75, 3.05) is 0 Å². The lowest BCUT2D eigenvalue weighted by Gasteiger charge is -2.17. The highest BCUT2D eigenvalue weighted by molar-refractivity contribution is 5.71. The summed E-state index contributed by atoms with van der Waals surface area (Å²) in [6.45, 7) is 4.57. The summed E-state index contributed by atoms with van der Waals surface area (Å²) in [5.74, 6) is 0.622. The van der Waals surface area contributed by atoms with Crippen molar-refractivity contribution in [3.05, 3.63) is 77.5 Å². The molecule has 1 nitrogen and oxygen atoms in total. The Morgan fingerprint density at radius 1 is 0.846 bits per heavy atom. The van der Waals surface area contributed by atoms with E-state index in [0.717, 1.165) is 12.1 Å². The van der Waals surface area contributed by atoms with Crippen molar-refractivity contribution in [1.82, 2.24) is 4.98 Å². The minimum atomic E-state index is 0.622. The normalized spacial score (nSPS) is 13.7. The van der Waals surface area contributed by atoms with E-state index in [-0.39, 0.29) is 0 Å². The minimum absolute atomic E-state index is 0.622. The van der Waals surface area contributed by atoms with Crippen molar-refractivity contribution < 1.29 is 0 Å². The maximum atomic E-state index is 4.84. The van der Waals surface area contributed by atoms with Gasteiger partial charge in [0.25, 0.3) is 0 Å². The van der Waals surface area contributed by atoms with Gasteiger partial charge in [-0.15, -0.1) is 0 Å². The monoisotopic (exact) mass is 341 g/mol. The number of aryl methyl sites for hydroxylation is 2. The lowest BCUT2D eigenvalue weighted by Crippen LogP contribution is -2.03. The minimum Gasteiger partial charge on any atom is -0.256 e. The molecule has 0 unspecified atom stereocenters. The number of hydrogen-bond acceptors (Lipinski definition) is 1. The van der Waals surface area contributed by atoms with Crippen molar-refractivity contribution in [3.63, 3.8) is 0 Å². The fraction of sp³-hybridized carbons (Fsp3) is 0.320. The van der Waals surface area contributed by atoms with Gasteiger partial charge in [0.2, 0.25) is 0 Å². The topological polar surface area (TPSA) is 12.9 Å². The number of pyridine rings is 1. The van der Waals surface area contributed by atoms with Gasteiger partial charge in [0.05, 0.1) is 5.69 Å². The fourth-order valence-corrected chi connectivity index (χ4v) is 4.03. The summed E-state index contributed by atoms with van der Waals surface area (Å²) in [7, 11) is 0. The van der Waals surface area contributed by atoms with Crippen LogP contribution in [0.4, 0.5) is 0 Å². The molecule has 1 heterocycles. The molecule has 1 aromatic heterocycles. The molecule has 0 spiro atoms. The molecule has 0 aliphatic heterocycles. The molecule has 3 aromatic rings. The Morgan fingerprint density at radius 3 is 2.38 bits per heavy atom. The smallest absolute Gasteiger partial charge is 0.0705 e. The summed E-state index contributed by atoms with van der Waals surface area (Å²) in [5.41, 5.74) is 9.34. The van der Waals surface area contributed by atoms with Crippen LogP contribution in [0.1, 0.15) is 43.4 Å².